The molecule has 0 aliphatic heterocycles. The molecule has 0 spiro atoms. The lowest BCUT2D eigenvalue weighted by molar-refractivity contribution is -0.137. The first-order valence-corrected chi connectivity index (χ1v) is 7.59. The standard InChI is InChI=1S/C18H21NO4/c1-12(2)13-5-7-14(8-6-13)18(22)16(10-17(20)21)19-11-15-4-3-9-23-15/h3-9,12,16,19H,10-11H2,1-2H3,(H,20,21). The van der Waals surface area contributed by atoms with Crippen molar-refractivity contribution in [2.75, 3.05) is 0 Å². The fourth-order valence-corrected chi connectivity index (χ4v) is 2.30. The first-order chi connectivity index (χ1) is 11.0. The number of furan rings is 1. The third-order valence-electron chi connectivity index (χ3n) is 3.66. The van der Waals surface area contributed by atoms with E-state index in [1.807, 2.05) is 12.1 Å². The zero-order valence-electron chi connectivity index (χ0n) is 13.3. The normalized spacial score (nSPS) is 12.3. The van der Waals surface area contributed by atoms with Crippen molar-refractivity contribution in [3.8, 4) is 0 Å². The van der Waals surface area contributed by atoms with Gasteiger partial charge < -0.3 is 9.52 Å². The molecular weight excluding hydrogens is 294 g/mol. The summed E-state index contributed by atoms with van der Waals surface area (Å²) in [5, 5.41) is 12.0. The van der Waals surface area contributed by atoms with Gasteiger partial charge in [-0.1, -0.05) is 38.1 Å². The van der Waals surface area contributed by atoms with E-state index < -0.39 is 12.0 Å². The van der Waals surface area contributed by atoms with E-state index in [1.54, 1.807) is 24.3 Å². The highest BCUT2D eigenvalue weighted by atomic mass is 16.4. The molecule has 0 aliphatic carbocycles. The predicted octanol–water partition coefficient (Wildman–Crippen LogP) is 3.22. The second-order valence-electron chi connectivity index (χ2n) is 5.75. The number of carboxylic acid groups (broad SMARTS) is 1. The van der Waals surface area contributed by atoms with Crippen LogP contribution >= 0.6 is 0 Å². The van der Waals surface area contributed by atoms with Gasteiger partial charge in [-0.05, 0) is 23.6 Å². The predicted molar refractivity (Wildman–Crippen MR) is 86.5 cm³/mol. The van der Waals surface area contributed by atoms with Gasteiger partial charge in [0.2, 0.25) is 0 Å². The Morgan fingerprint density at radius 2 is 1.87 bits per heavy atom. The molecule has 0 aliphatic rings. The van der Waals surface area contributed by atoms with Gasteiger partial charge in [-0.2, -0.15) is 0 Å². The van der Waals surface area contributed by atoms with Crippen molar-refractivity contribution in [1.29, 1.82) is 0 Å². The van der Waals surface area contributed by atoms with E-state index >= 15 is 0 Å². The minimum atomic E-state index is -1.02. The molecule has 1 aromatic heterocycles. The van der Waals surface area contributed by atoms with Gasteiger partial charge in [-0.25, -0.2) is 0 Å². The number of Topliss-reactive ketones (excluding diaryl/α,β-unsaturated/α-hetero) is 1. The van der Waals surface area contributed by atoms with Crippen LogP contribution in [0.3, 0.4) is 0 Å². The quantitative estimate of drug-likeness (QED) is 0.731. The highest BCUT2D eigenvalue weighted by molar-refractivity contribution is 6.01. The molecular formula is C18H21NO4. The lowest BCUT2D eigenvalue weighted by atomic mass is 9.97. The Labute approximate surface area is 135 Å². The Morgan fingerprint density at radius 1 is 1.17 bits per heavy atom. The number of carbonyl (C=O) groups excluding carboxylic acids is 1. The van der Waals surface area contributed by atoms with Gasteiger partial charge in [0.05, 0.1) is 25.3 Å². The monoisotopic (exact) mass is 315 g/mol. The SMILES string of the molecule is CC(C)c1ccc(C(=O)C(CC(=O)O)NCc2ccco2)cc1. The maximum Gasteiger partial charge on any atom is 0.305 e. The maximum absolute atomic E-state index is 12.6. The molecule has 122 valence electrons. The van der Waals surface area contributed by atoms with Gasteiger partial charge in [0.25, 0.3) is 0 Å². The lowest BCUT2D eigenvalue weighted by Gasteiger charge is -2.16. The molecule has 5 heteroatoms. The van der Waals surface area contributed by atoms with Crippen LogP contribution in [0.2, 0.25) is 0 Å². The van der Waals surface area contributed by atoms with Gasteiger partial charge >= 0.3 is 5.97 Å². The zero-order valence-corrected chi connectivity index (χ0v) is 13.3. The van der Waals surface area contributed by atoms with Crippen LogP contribution in [-0.2, 0) is 11.3 Å². The summed E-state index contributed by atoms with van der Waals surface area (Å²) in [6.45, 7) is 4.46. The number of rotatable bonds is 8. The van der Waals surface area contributed by atoms with Crippen LogP contribution in [0.15, 0.2) is 47.1 Å². The van der Waals surface area contributed by atoms with Crippen LogP contribution < -0.4 is 5.32 Å². The molecule has 0 amide bonds. The first kappa shape index (κ1) is 17.0. The van der Waals surface area contributed by atoms with Crippen molar-refractivity contribution >= 4 is 11.8 Å². The van der Waals surface area contributed by atoms with Crippen molar-refractivity contribution in [3.63, 3.8) is 0 Å². The van der Waals surface area contributed by atoms with Crippen LogP contribution in [0.1, 0.15) is 47.9 Å². The summed E-state index contributed by atoms with van der Waals surface area (Å²) < 4.78 is 5.20. The fourth-order valence-electron chi connectivity index (χ4n) is 2.30. The molecule has 0 bridgehead atoms. The number of hydrogen-bond donors (Lipinski definition) is 2. The Balaban J connectivity index is 2.10. The summed E-state index contributed by atoms with van der Waals surface area (Å²) in [6, 6.07) is 10.0. The van der Waals surface area contributed by atoms with Gasteiger partial charge in [-0.15, -0.1) is 0 Å². The topological polar surface area (TPSA) is 79.5 Å². The summed E-state index contributed by atoms with van der Waals surface area (Å²) >= 11 is 0. The molecule has 0 saturated heterocycles. The number of carboxylic acids is 1. The largest absolute Gasteiger partial charge is 0.481 e. The molecule has 1 unspecified atom stereocenters. The molecule has 1 heterocycles. The van der Waals surface area contributed by atoms with Crippen LogP contribution in [0.4, 0.5) is 0 Å². The van der Waals surface area contributed by atoms with Crippen molar-refractivity contribution in [2.45, 2.75) is 38.8 Å². The average Bonchev–Trinajstić information content (AvgIpc) is 3.04. The molecule has 23 heavy (non-hydrogen) atoms. The minimum Gasteiger partial charge on any atom is -0.481 e. The molecule has 2 rings (SSSR count). The average molecular weight is 315 g/mol. The van der Waals surface area contributed by atoms with E-state index in [2.05, 4.69) is 19.2 Å². The minimum absolute atomic E-state index is 0.228. The molecule has 0 fully saturated rings. The number of benzene rings is 1. The van der Waals surface area contributed by atoms with Crippen molar-refractivity contribution in [1.82, 2.24) is 5.32 Å². The number of carbonyl (C=O) groups is 2. The summed E-state index contributed by atoms with van der Waals surface area (Å²) in [5.41, 5.74) is 1.65. The van der Waals surface area contributed by atoms with E-state index in [0.717, 1.165) is 5.56 Å². The van der Waals surface area contributed by atoms with Crippen LogP contribution in [-0.4, -0.2) is 22.9 Å². The Bertz CT molecular complexity index is 644. The highest BCUT2D eigenvalue weighted by Gasteiger charge is 2.23. The molecule has 1 atom stereocenters. The lowest BCUT2D eigenvalue weighted by Crippen LogP contribution is -2.38. The fraction of sp³-hybridized carbons (Fsp3) is 0.333. The Hall–Kier alpha value is -2.40. The number of hydrogen-bond acceptors (Lipinski definition) is 4. The third-order valence-corrected chi connectivity index (χ3v) is 3.66. The number of ketones is 1. The van der Waals surface area contributed by atoms with E-state index in [9.17, 15) is 9.59 Å². The van der Waals surface area contributed by atoms with E-state index in [-0.39, 0.29) is 12.2 Å². The maximum atomic E-state index is 12.6. The second kappa shape index (κ2) is 7.74. The van der Waals surface area contributed by atoms with E-state index in [4.69, 9.17) is 9.52 Å². The van der Waals surface area contributed by atoms with Crippen LogP contribution in [0, 0.1) is 0 Å². The zero-order chi connectivity index (χ0) is 16.8. The van der Waals surface area contributed by atoms with Crippen molar-refractivity contribution in [3.05, 3.63) is 59.5 Å². The smallest absolute Gasteiger partial charge is 0.305 e. The summed E-state index contributed by atoms with van der Waals surface area (Å²) in [6.07, 6.45) is 1.27. The van der Waals surface area contributed by atoms with E-state index in [1.165, 1.54) is 6.26 Å². The van der Waals surface area contributed by atoms with E-state index in [0.29, 0.717) is 23.8 Å². The molecule has 2 aromatic rings. The third kappa shape index (κ3) is 4.79. The molecule has 2 N–H and O–H groups in total. The number of nitrogens with one attached hydrogen (secondary N) is 1. The first-order valence-electron chi connectivity index (χ1n) is 7.59. The van der Waals surface area contributed by atoms with Gasteiger partial charge in [-0.3, -0.25) is 14.9 Å². The molecule has 0 saturated carbocycles. The second-order valence-corrected chi connectivity index (χ2v) is 5.75. The Morgan fingerprint density at radius 3 is 2.39 bits per heavy atom. The molecule has 1 aromatic carbocycles. The molecule has 0 radical (unpaired) electrons. The van der Waals surface area contributed by atoms with Crippen molar-refractivity contribution in [2.24, 2.45) is 0 Å². The highest BCUT2D eigenvalue weighted by Crippen LogP contribution is 2.16. The number of aliphatic carboxylic acids is 1. The summed E-state index contributed by atoms with van der Waals surface area (Å²) in [4.78, 5) is 23.6. The van der Waals surface area contributed by atoms with Crippen molar-refractivity contribution < 1.29 is 19.1 Å². The van der Waals surface area contributed by atoms with Crippen LogP contribution in [0.5, 0.6) is 0 Å². The van der Waals surface area contributed by atoms with Gasteiger partial charge in [0.1, 0.15) is 5.76 Å². The van der Waals surface area contributed by atoms with Gasteiger partial charge in [0.15, 0.2) is 5.78 Å². The Kier molecular flexibility index (Phi) is 5.71. The molecule has 5 nitrogen and oxygen atoms in total. The summed E-state index contributed by atoms with van der Waals surface area (Å²) in [5.74, 6) is -0.210. The summed E-state index contributed by atoms with van der Waals surface area (Å²) in [7, 11) is 0. The van der Waals surface area contributed by atoms with Crippen LogP contribution in [0.25, 0.3) is 0 Å². The van der Waals surface area contributed by atoms with Gasteiger partial charge in [0, 0.05) is 5.56 Å².